The van der Waals surface area contributed by atoms with Crippen LogP contribution in [0.25, 0.3) is 0 Å². The molecule has 1 unspecified atom stereocenters. The van der Waals surface area contributed by atoms with Gasteiger partial charge in [-0.3, -0.25) is 14.6 Å². The molecule has 15 heteroatoms. The maximum absolute atomic E-state index is 14.2. The van der Waals surface area contributed by atoms with Gasteiger partial charge in [-0.2, -0.15) is 13.2 Å². The summed E-state index contributed by atoms with van der Waals surface area (Å²) < 4.78 is 53.5. The fraction of sp³-hybridized carbons (Fsp3) is 0.353. The van der Waals surface area contributed by atoms with Gasteiger partial charge in [-0.05, 0) is 18.1 Å². The lowest BCUT2D eigenvalue weighted by Crippen LogP contribution is -2.23. The van der Waals surface area contributed by atoms with Gasteiger partial charge in [0, 0.05) is 25.4 Å². The molecule has 2 amide bonds. The van der Waals surface area contributed by atoms with Gasteiger partial charge in [0.2, 0.25) is 5.01 Å². The highest BCUT2D eigenvalue weighted by atomic mass is 32.1. The van der Waals surface area contributed by atoms with Gasteiger partial charge in [-0.1, -0.05) is 16.6 Å². The summed E-state index contributed by atoms with van der Waals surface area (Å²) >= 11 is 0.985. The number of halogens is 4. The topological polar surface area (TPSA) is 142 Å². The number of carbonyl (C=O) groups is 2. The Morgan fingerprint density at radius 2 is 2.00 bits per heavy atom. The lowest BCUT2D eigenvalue weighted by atomic mass is 10.2. The van der Waals surface area contributed by atoms with Crippen LogP contribution in [0.3, 0.4) is 0 Å². The van der Waals surface area contributed by atoms with Crippen LogP contribution in [0, 0.1) is 0 Å². The lowest BCUT2D eigenvalue weighted by Gasteiger charge is -2.08. The SMILES string of the molecule is NC(=O)c1nnc(CCC(F)Cn2cc(C(=O)NCc3cncc(C(F)(F)F)c3)nn2)s1. The number of amides is 2. The molecule has 0 aliphatic carbocycles. The standard InChI is InChI=1S/C17H16F4N8O2S/c18-11(1-2-13-26-27-16(32-13)14(22)30)7-29-8-12(25-28-29)15(31)24-5-9-3-10(6-23-4-9)17(19,20)21/h3-4,6,8,11H,1-2,5,7H2,(H2,22,30)(H,24,31). The highest BCUT2D eigenvalue weighted by Gasteiger charge is 2.31. The van der Waals surface area contributed by atoms with E-state index in [-0.39, 0.29) is 42.2 Å². The fourth-order valence-electron chi connectivity index (χ4n) is 2.53. The van der Waals surface area contributed by atoms with Gasteiger partial charge < -0.3 is 11.1 Å². The molecule has 0 radical (unpaired) electrons. The fourth-order valence-corrected chi connectivity index (χ4v) is 3.24. The van der Waals surface area contributed by atoms with E-state index in [0.717, 1.165) is 22.1 Å². The summed E-state index contributed by atoms with van der Waals surface area (Å²) in [7, 11) is 0. The average Bonchev–Trinajstić information content (AvgIpc) is 3.40. The van der Waals surface area contributed by atoms with Crippen molar-refractivity contribution in [2.24, 2.45) is 5.73 Å². The van der Waals surface area contributed by atoms with Crippen molar-refractivity contribution in [2.75, 3.05) is 0 Å². The number of aryl methyl sites for hydroxylation is 1. The second-order valence-electron chi connectivity index (χ2n) is 6.59. The van der Waals surface area contributed by atoms with Crippen molar-refractivity contribution in [1.29, 1.82) is 0 Å². The van der Waals surface area contributed by atoms with E-state index in [1.54, 1.807) is 0 Å². The number of alkyl halides is 4. The van der Waals surface area contributed by atoms with E-state index in [9.17, 15) is 27.2 Å². The Balaban J connectivity index is 1.49. The Bertz CT molecular complexity index is 1100. The van der Waals surface area contributed by atoms with E-state index in [1.807, 2.05) is 0 Å². The number of rotatable bonds is 9. The minimum absolute atomic E-state index is 0.0447. The Labute approximate surface area is 181 Å². The normalized spacial score (nSPS) is 12.5. The molecule has 0 saturated heterocycles. The summed E-state index contributed by atoms with van der Waals surface area (Å²) in [6.45, 7) is -0.386. The maximum atomic E-state index is 14.2. The third-order valence-electron chi connectivity index (χ3n) is 4.08. The first-order valence-corrected chi connectivity index (χ1v) is 9.89. The number of aromatic nitrogens is 6. The van der Waals surface area contributed by atoms with Crippen LogP contribution in [-0.2, 0) is 25.7 Å². The van der Waals surface area contributed by atoms with Gasteiger partial charge in [0.25, 0.3) is 11.8 Å². The molecule has 10 nitrogen and oxygen atoms in total. The summed E-state index contributed by atoms with van der Waals surface area (Å²) in [5, 5.41) is 17.6. The average molecular weight is 472 g/mol. The highest BCUT2D eigenvalue weighted by Crippen LogP contribution is 2.28. The molecular formula is C17H16F4N8O2S. The van der Waals surface area contributed by atoms with Gasteiger partial charge >= 0.3 is 6.18 Å². The van der Waals surface area contributed by atoms with E-state index in [1.165, 1.54) is 12.4 Å². The molecule has 0 spiro atoms. The number of pyridine rings is 1. The summed E-state index contributed by atoms with van der Waals surface area (Å²) in [5.41, 5.74) is 4.19. The van der Waals surface area contributed by atoms with Gasteiger partial charge in [0.05, 0.1) is 18.3 Å². The van der Waals surface area contributed by atoms with Crippen LogP contribution in [0.4, 0.5) is 17.6 Å². The molecule has 0 aromatic carbocycles. The molecule has 0 aliphatic rings. The molecule has 0 aliphatic heterocycles. The van der Waals surface area contributed by atoms with Crippen LogP contribution >= 0.6 is 11.3 Å². The maximum Gasteiger partial charge on any atom is 0.417 e. The van der Waals surface area contributed by atoms with Crippen LogP contribution < -0.4 is 11.1 Å². The first-order valence-electron chi connectivity index (χ1n) is 9.07. The molecule has 3 aromatic rings. The predicted octanol–water partition coefficient (Wildman–Crippen LogP) is 1.54. The van der Waals surface area contributed by atoms with Crippen LogP contribution in [-0.4, -0.2) is 48.2 Å². The summed E-state index contributed by atoms with van der Waals surface area (Å²) in [6.07, 6.45) is -2.47. The van der Waals surface area contributed by atoms with E-state index < -0.39 is 29.7 Å². The molecule has 32 heavy (non-hydrogen) atoms. The number of hydrogen-bond donors (Lipinski definition) is 2. The van der Waals surface area contributed by atoms with Gasteiger partial charge in [-0.15, -0.1) is 15.3 Å². The Hall–Kier alpha value is -3.49. The first-order chi connectivity index (χ1) is 15.1. The van der Waals surface area contributed by atoms with Crippen molar-refractivity contribution in [3.8, 4) is 0 Å². The third kappa shape index (κ3) is 6.26. The second-order valence-corrected chi connectivity index (χ2v) is 7.65. The molecule has 0 fully saturated rings. The molecule has 3 rings (SSSR count). The summed E-state index contributed by atoms with van der Waals surface area (Å²) in [6, 6.07) is 0.877. The number of hydrogen-bond acceptors (Lipinski definition) is 8. The molecular weight excluding hydrogens is 456 g/mol. The second kappa shape index (κ2) is 9.76. The van der Waals surface area contributed by atoms with Crippen LogP contribution in [0.15, 0.2) is 24.7 Å². The molecule has 3 N–H and O–H groups in total. The van der Waals surface area contributed by atoms with Crippen LogP contribution in [0.2, 0.25) is 0 Å². The zero-order valence-electron chi connectivity index (χ0n) is 16.2. The molecule has 0 bridgehead atoms. The Morgan fingerprint density at radius 3 is 2.69 bits per heavy atom. The number of primary amides is 1. The van der Waals surface area contributed by atoms with Crippen molar-refractivity contribution in [2.45, 2.75) is 38.3 Å². The zero-order valence-corrected chi connectivity index (χ0v) is 17.0. The van der Waals surface area contributed by atoms with E-state index in [4.69, 9.17) is 5.73 Å². The van der Waals surface area contributed by atoms with Crippen molar-refractivity contribution in [3.63, 3.8) is 0 Å². The van der Waals surface area contributed by atoms with E-state index in [2.05, 4.69) is 30.8 Å². The Morgan fingerprint density at radius 1 is 1.22 bits per heavy atom. The van der Waals surface area contributed by atoms with Crippen molar-refractivity contribution < 1.29 is 27.2 Å². The van der Waals surface area contributed by atoms with Gasteiger partial charge in [-0.25, -0.2) is 9.07 Å². The van der Waals surface area contributed by atoms with Crippen LogP contribution in [0.1, 0.15) is 42.8 Å². The number of nitrogens with zero attached hydrogens (tertiary/aromatic N) is 6. The third-order valence-corrected chi connectivity index (χ3v) is 5.08. The summed E-state index contributed by atoms with van der Waals surface area (Å²) in [4.78, 5) is 26.7. The van der Waals surface area contributed by atoms with Crippen molar-refractivity contribution in [3.05, 3.63) is 51.5 Å². The van der Waals surface area contributed by atoms with Crippen molar-refractivity contribution in [1.82, 2.24) is 35.5 Å². The predicted molar refractivity (Wildman–Crippen MR) is 102 cm³/mol. The highest BCUT2D eigenvalue weighted by molar-refractivity contribution is 7.13. The van der Waals surface area contributed by atoms with Crippen molar-refractivity contribution >= 4 is 23.2 Å². The largest absolute Gasteiger partial charge is 0.417 e. The monoisotopic (exact) mass is 472 g/mol. The number of nitrogens with one attached hydrogen (secondary N) is 1. The van der Waals surface area contributed by atoms with Crippen LogP contribution in [0.5, 0.6) is 0 Å². The first kappa shape index (κ1) is 23.2. The number of carbonyl (C=O) groups excluding carboxylic acids is 2. The van der Waals surface area contributed by atoms with Gasteiger partial charge in [0.1, 0.15) is 11.2 Å². The minimum Gasteiger partial charge on any atom is -0.363 e. The lowest BCUT2D eigenvalue weighted by molar-refractivity contribution is -0.137. The van der Waals surface area contributed by atoms with Gasteiger partial charge in [0.15, 0.2) is 5.69 Å². The molecule has 0 saturated carbocycles. The summed E-state index contributed by atoms with van der Waals surface area (Å²) in [5.74, 6) is -1.39. The molecule has 3 heterocycles. The quantitative estimate of drug-likeness (QED) is 0.450. The molecule has 3 aromatic heterocycles. The van der Waals surface area contributed by atoms with E-state index >= 15 is 0 Å². The Kier molecular flexibility index (Phi) is 7.07. The van der Waals surface area contributed by atoms with E-state index in [0.29, 0.717) is 11.2 Å². The number of nitrogens with two attached hydrogens (primary N) is 1. The zero-order chi connectivity index (χ0) is 23.3. The smallest absolute Gasteiger partial charge is 0.363 e. The molecule has 1 atom stereocenters. The molecule has 170 valence electrons. The minimum atomic E-state index is -4.54.